The summed E-state index contributed by atoms with van der Waals surface area (Å²) in [5.74, 6) is 0.686. The van der Waals surface area contributed by atoms with Gasteiger partial charge in [-0.15, -0.1) is 5.10 Å². The van der Waals surface area contributed by atoms with Crippen LogP contribution in [0.25, 0.3) is 0 Å². The van der Waals surface area contributed by atoms with Crippen molar-refractivity contribution in [2.24, 2.45) is 7.05 Å². The average Bonchev–Trinajstić information content (AvgIpc) is 2.45. The van der Waals surface area contributed by atoms with Crippen LogP contribution in [-0.2, 0) is 24.4 Å². The van der Waals surface area contributed by atoms with E-state index in [0.29, 0.717) is 5.75 Å². The fourth-order valence-corrected chi connectivity index (χ4v) is 1.34. The lowest BCUT2D eigenvalue weighted by Crippen LogP contribution is -2.21. The van der Waals surface area contributed by atoms with E-state index in [-0.39, 0.29) is 0 Å². The van der Waals surface area contributed by atoms with Crippen molar-refractivity contribution in [3.8, 4) is 0 Å². The average molecular weight is 202 g/mol. The van der Waals surface area contributed by atoms with E-state index in [1.807, 2.05) is 7.05 Å². The number of nitrogens with one attached hydrogen (secondary N) is 1. The van der Waals surface area contributed by atoms with E-state index >= 15 is 0 Å². The standard InChI is InChI=1S/C7H14N4OS/c1-11-7(6-9-10-11)5-8-3-4-13(2)12/h6,8H,3-5H2,1-2H3. The van der Waals surface area contributed by atoms with E-state index in [4.69, 9.17) is 0 Å². The van der Waals surface area contributed by atoms with Crippen LogP contribution in [0.5, 0.6) is 0 Å². The van der Waals surface area contributed by atoms with Crippen molar-refractivity contribution >= 4 is 10.8 Å². The summed E-state index contributed by atoms with van der Waals surface area (Å²) < 4.78 is 12.4. The van der Waals surface area contributed by atoms with Crippen LogP contribution in [0.15, 0.2) is 6.20 Å². The monoisotopic (exact) mass is 202 g/mol. The molecule has 5 nitrogen and oxygen atoms in total. The maximum atomic E-state index is 10.7. The maximum absolute atomic E-state index is 10.7. The van der Waals surface area contributed by atoms with Gasteiger partial charge in [0.25, 0.3) is 0 Å². The fourth-order valence-electron chi connectivity index (χ4n) is 0.903. The minimum atomic E-state index is -0.720. The molecule has 0 saturated carbocycles. The molecule has 13 heavy (non-hydrogen) atoms. The number of aromatic nitrogens is 3. The first-order chi connectivity index (χ1) is 6.20. The predicted octanol–water partition coefficient (Wildman–Crippen LogP) is -0.717. The van der Waals surface area contributed by atoms with Crippen LogP contribution in [-0.4, -0.2) is 37.8 Å². The van der Waals surface area contributed by atoms with Crippen molar-refractivity contribution in [2.75, 3.05) is 18.6 Å². The lowest BCUT2D eigenvalue weighted by atomic mass is 10.4. The van der Waals surface area contributed by atoms with Gasteiger partial charge in [-0.1, -0.05) is 5.21 Å². The van der Waals surface area contributed by atoms with Gasteiger partial charge in [-0.05, 0) is 0 Å². The Morgan fingerprint density at radius 3 is 3.00 bits per heavy atom. The van der Waals surface area contributed by atoms with Gasteiger partial charge in [-0.3, -0.25) is 8.89 Å². The highest BCUT2D eigenvalue weighted by Crippen LogP contribution is 1.91. The van der Waals surface area contributed by atoms with E-state index in [2.05, 4.69) is 15.6 Å². The molecule has 6 heteroatoms. The first-order valence-corrected chi connectivity index (χ1v) is 5.77. The molecular formula is C7H14N4OS. The molecule has 1 heterocycles. The molecule has 0 fully saturated rings. The molecule has 0 amide bonds. The molecule has 1 N–H and O–H groups in total. The Labute approximate surface area is 80.0 Å². The predicted molar refractivity (Wildman–Crippen MR) is 51.6 cm³/mol. The van der Waals surface area contributed by atoms with Gasteiger partial charge in [0.15, 0.2) is 0 Å². The Bertz CT molecular complexity index is 286. The number of nitrogens with zero attached hydrogens (tertiary/aromatic N) is 3. The van der Waals surface area contributed by atoms with Crippen molar-refractivity contribution in [1.82, 2.24) is 20.3 Å². The molecule has 0 aromatic carbocycles. The molecule has 1 aromatic heterocycles. The summed E-state index contributed by atoms with van der Waals surface area (Å²) in [4.78, 5) is 0. The maximum Gasteiger partial charge on any atom is 0.0738 e. The summed E-state index contributed by atoms with van der Waals surface area (Å²) in [5, 5.41) is 10.7. The zero-order valence-electron chi connectivity index (χ0n) is 7.86. The quantitative estimate of drug-likeness (QED) is 0.640. The van der Waals surface area contributed by atoms with Crippen LogP contribution in [0.1, 0.15) is 5.69 Å². The SMILES string of the molecule is Cn1nncc1CNCCS(C)=O. The van der Waals surface area contributed by atoms with Gasteiger partial charge < -0.3 is 5.32 Å². The lowest BCUT2D eigenvalue weighted by Gasteiger charge is -2.02. The Balaban J connectivity index is 2.20. The zero-order valence-corrected chi connectivity index (χ0v) is 8.67. The molecule has 0 radical (unpaired) electrons. The minimum absolute atomic E-state index is 0.686. The molecule has 1 rings (SSSR count). The Morgan fingerprint density at radius 2 is 2.46 bits per heavy atom. The van der Waals surface area contributed by atoms with Crippen LogP contribution < -0.4 is 5.32 Å². The zero-order chi connectivity index (χ0) is 9.68. The van der Waals surface area contributed by atoms with Gasteiger partial charge in [-0.2, -0.15) is 0 Å². The molecule has 1 unspecified atom stereocenters. The Morgan fingerprint density at radius 1 is 1.69 bits per heavy atom. The Hall–Kier alpha value is -0.750. The second-order valence-electron chi connectivity index (χ2n) is 2.80. The van der Waals surface area contributed by atoms with Crippen LogP contribution >= 0.6 is 0 Å². The van der Waals surface area contributed by atoms with E-state index < -0.39 is 10.8 Å². The first-order valence-electron chi connectivity index (χ1n) is 4.04. The van der Waals surface area contributed by atoms with Crippen LogP contribution in [0.3, 0.4) is 0 Å². The molecular weight excluding hydrogens is 188 g/mol. The van der Waals surface area contributed by atoms with Crippen LogP contribution in [0, 0.1) is 0 Å². The van der Waals surface area contributed by atoms with Crippen molar-refractivity contribution in [3.05, 3.63) is 11.9 Å². The van der Waals surface area contributed by atoms with Gasteiger partial charge in [0.05, 0.1) is 11.9 Å². The summed E-state index contributed by atoms with van der Waals surface area (Å²) in [6, 6.07) is 0. The van der Waals surface area contributed by atoms with Crippen molar-refractivity contribution in [3.63, 3.8) is 0 Å². The Kier molecular flexibility index (Phi) is 4.04. The summed E-state index contributed by atoms with van der Waals surface area (Å²) >= 11 is 0. The summed E-state index contributed by atoms with van der Waals surface area (Å²) in [6.45, 7) is 1.48. The van der Waals surface area contributed by atoms with E-state index in [1.54, 1.807) is 17.1 Å². The molecule has 74 valence electrons. The molecule has 0 aliphatic rings. The summed E-state index contributed by atoms with van der Waals surface area (Å²) in [6.07, 6.45) is 3.42. The number of hydrogen-bond acceptors (Lipinski definition) is 4. The smallest absolute Gasteiger partial charge is 0.0738 e. The van der Waals surface area contributed by atoms with Crippen LogP contribution in [0.2, 0.25) is 0 Å². The first kappa shape index (κ1) is 10.3. The summed E-state index contributed by atoms with van der Waals surface area (Å²) in [7, 11) is 1.13. The van der Waals surface area contributed by atoms with Gasteiger partial charge in [0.2, 0.25) is 0 Å². The van der Waals surface area contributed by atoms with E-state index in [0.717, 1.165) is 18.8 Å². The molecule has 1 aromatic rings. The van der Waals surface area contributed by atoms with Crippen LogP contribution in [0.4, 0.5) is 0 Å². The van der Waals surface area contributed by atoms with Gasteiger partial charge in [0.1, 0.15) is 0 Å². The second-order valence-corrected chi connectivity index (χ2v) is 4.36. The third-order valence-electron chi connectivity index (χ3n) is 1.68. The molecule has 0 saturated heterocycles. The highest BCUT2D eigenvalue weighted by molar-refractivity contribution is 7.84. The molecule has 1 atom stereocenters. The third kappa shape index (κ3) is 3.65. The van der Waals surface area contributed by atoms with E-state index in [9.17, 15) is 4.21 Å². The highest BCUT2D eigenvalue weighted by atomic mass is 32.2. The third-order valence-corrected chi connectivity index (χ3v) is 2.46. The molecule has 0 aliphatic heterocycles. The minimum Gasteiger partial charge on any atom is -0.310 e. The number of hydrogen-bond donors (Lipinski definition) is 1. The van der Waals surface area contributed by atoms with Gasteiger partial charge in [0, 0.05) is 42.9 Å². The van der Waals surface area contributed by atoms with Gasteiger partial charge >= 0.3 is 0 Å². The number of rotatable bonds is 5. The number of aryl methyl sites for hydroxylation is 1. The summed E-state index contributed by atoms with van der Waals surface area (Å²) in [5.41, 5.74) is 1.03. The van der Waals surface area contributed by atoms with Crippen molar-refractivity contribution < 1.29 is 4.21 Å². The lowest BCUT2D eigenvalue weighted by molar-refractivity contribution is 0.628. The fraction of sp³-hybridized carbons (Fsp3) is 0.714. The molecule has 0 aliphatic carbocycles. The topological polar surface area (TPSA) is 59.8 Å². The highest BCUT2D eigenvalue weighted by Gasteiger charge is 1.98. The van der Waals surface area contributed by atoms with Crippen molar-refractivity contribution in [2.45, 2.75) is 6.54 Å². The normalized spacial score (nSPS) is 13.1. The molecule has 0 bridgehead atoms. The van der Waals surface area contributed by atoms with E-state index in [1.165, 1.54) is 0 Å². The second kappa shape index (κ2) is 5.08. The van der Waals surface area contributed by atoms with Gasteiger partial charge in [-0.25, -0.2) is 0 Å². The van der Waals surface area contributed by atoms with Crippen molar-refractivity contribution in [1.29, 1.82) is 0 Å². The largest absolute Gasteiger partial charge is 0.310 e. The molecule has 0 spiro atoms.